The lowest BCUT2D eigenvalue weighted by atomic mass is 10.0. The van der Waals surface area contributed by atoms with Crippen LogP contribution in [0.5, 0.6) is 0 Å². The summed E-state index contributed by atoms with van der Waals surface area (Å²) < 4.78 is 39.7. The lowest BCUT2D eigenvalue weighted by Gasteiger charge is -2.17. The number of hydrogen-bond donors (Lipinski definition) is 0. The standard InChI is InChI=1S/C20H22F3N5/c1-14(2)16-6-4-15(5-7-16)12-27(3)13-19-24-25-26-28(19)18-10-8-17(9-11-18)20(21,22)23/h4-11,14H,12-13H2,1-3H3. The predicted octanol–water partition coefficient (Wildman–Crippen LogP) is 4.44. The number of hydrogen-bond acceptors (Lipinski definition) is 4. The van der Waals surface area contributed by atoms with Crippen molar-refractivity contribution in [2.75, 3.05) is 7.05 Å². The van der Waals surface area contributed by atoms with Crippen molar-refractivity contribution in [1.29, 1.82) is 0 Å². The number of tetrazole rings is 1. The van der Waals surface area contributed by atoms with Gasteiger partial charge in [0.1, 0.15) is 0 Å². The third-order valence-electron chi connectivity index (χ3n) is 4.48. The lowest BCUT2D eigenvalue weighted by molar-refractivity contribution is -0.137. The first-order chi connectivity index (χ1) is 13.2. The minimum atomic E-state index is -4.37. The summed E-state index contributed by atoms with van der Waals surface area (Å²) in [5.74, 6) is 1.04. The minimum absolute atomic E-state index is 0.458. The second-order valence-electron chi connectivity index (χ2n) is 7.12. The molecular weight excluding hydrogens is 367 g/mol. The summed E-state index contributed by atoms with van der Waals surface area (Å²) in [6.07, 6.45) is -4.37. The first-order valence-corrected chi connectivity index (χ1v) is 8.96. The van der Waals surface area contributed by atoms with Gasteiger partial charge in [-0.15, -0.1) is 5.10 Å². The molecule has 0 spiro atoms. The van der Waals surface area contributed by atoms with Crippen molar-refractivity contribution in [3.63, 3.8) is 0 Å². The highest BCUT2D eigenvalue weighted by Gasteiger charge is 2.30. The van der Waals surface area contributed by atoms with Crippen LogP contribution in [0.1, 0.15) is 42.3 Å². The Morgan fingerprint density at radius 2 is 1.61 bits per heavy atom. The maximum atomic E-state index is 12.7. The van der Waals surface area contributed by atoms with Gasteiger partial charge in [0.2, 0.25) is 0 Å². The zero-order chi connectivity index (χ0) is 20.3. The van der Waals surface area contributed by atoms with Crippen molar-refractivity contribution in [2.45, 2.75) is 39.0 Å². The summed E-state index contributed by atoms with van der Waals surface area (Å²) in [6.45, 7) is 5.47. The average Bonchev–Trinajstić information content (AvgIpc) is 3.09. The second kappa shape index (κ2) is 8.10. The molecule has 0 aliphatic rings. The number of alkyl halides is 3. The molecule has 8 heteroatoms. The maximum absolute atomic E-state index is 12.7. The van der Waals surface area contributed by atoms with Crippen LogP contribution in [-0.4, -0.2) is 32.2 Å². The van der Waals surface area contributed by atoms with Gasteiger partial charge in [-0.2, -0.15) is 17.9 Å². The van der Waals surface area contributed by atoms with Gasteiger partial charge in [-0.05, 0) is 58.8 Å². The van der Waals surface area contributed by atoms with Crippen molar-refractivity contribution in [1.82, 2.24) is 25.1 Å². The van der Waals surface area contributed by atoms with Gasteiger partial charge >= 0.3 is 6.18 Å². The number of halogens is 3. The Labute approximate surface area is 161 Å². The number of nitrogens with zero attached hydrogens (tertiary/aromatic N) is 5. The molecule has 0 aliphatic carbocycles. The van der Waals surface area contributed by atoms with Crippen LogP contribution in [0.4, 0.5) is 13.2 Å². The Balaban J connectivity index is 1.69. The molecule has 0 amide bonds. The van der Waals surface area contributed by atoms with Crippen molar-refractivity contribution in [3.8, 4) is 5.69 Å². The van der Waals surface area contributed by atoms with Gasteiger partial charge in [-0.25, -0.2) is 0 Å². The fourth-order valence-electron chi connectivity index (χ4n) is 2.91. The summed E-state index contributed by atoms with van der Waals surface area (Å²) in [6, 6.07) is 13.2. The number of benzene rings is 2. The Bertz CT molecular complexity index is 899. The average molecular weight is 389 g/mol. The van der Waals surface area contributed by atoms with E-state index >= 15 is 0 Å². The van der Waals surface area contributed by atoms with Gasteiger partial charge < -0.3 is 0 Å². The second-order valence-corrected chi connectivity index (χ2v) is 7.12. The predicted molar refractivity (Wildman–Crippen MR) is 99.9 cm³/mol. The summed E-state index contributed by atoms with van der Waals surface area (Å²) in [4.78, 5) is 2.05. The highest BCUT2D eigenvalue weighted by Crippen LogP contribution is 2.29. The quantitative estimate of drug-likeness (QED) is 0.626. The van der Waals surface area contributed by atoms with Crippen LogP contribution < -0.4 is 0 Å². The Morgan fingerprint density at radius 3 is 2.18 bits per heavy atom. The fourth-order valence-corrected chi connectivity index (χ4v) is 2.91. The van der Waals surface area contributed by atoms with E-state index in [-0.39, 0.29) is 0 Å². The molecule has 0 saturated carbocycles. The molecule has 0 N–H and O–H groups in total. The van der Waals surface area contributed by atoms with Crippen LogP contribution in [0.2, 0.25) is 0 Å². The van der Waals surface area contributed by atoms with E-state index in [0.717, 1.165) is 12.1 Å². The number of aromatic nitrogens is 4. The van der Waals surface area contributed by atoms with E-state index in [1.54, 1.807) is 0 Å². The van der Waals surface area contributed by atoms with E-state index in [1.165, 1.54) is 27.9 Å². The summed E-state index contributed by atoms with van der Waals surface area (Å²) in [5.41, 5.74) is 2.24. The van der Waals surface area contributed by atoms with E-state index in [1.807, 2.05) is 7.05 Å². The zero-order valence-electron chi connectivity index (χ0n) is 16.0. The van der Waals surface area contributed by atoms with Crippen LogP contribution in [-0.2, 0) is 19.3 Å². The summed E-state index contributed by atoms with van der Waals surface area (Å²) in [7, 11) is 1.95. The third kappa shape index (κ3) is 4.75. The fraction of sp³-hybridized carbons (Fsp3) is 0.350. The van der Waals surface area contributed by atoms with Gasteiger partial charge in [0.25, 0.3) is 0 Å². The molecule has 28 heavy (non-hydrogen) atoms. The van der Waals surface area contributed by atoms with Gasteiger partial charge in [0, 0.05) is 6.54 Å². The zero-order valence-corrected chi connectivity index (χ0v) is 16.0. The SMILES string of the molecule is CC(C)c1ccc(CN(C)Cc2nnnn2-c2ccc(C(F)(F)F)cc2)cc1. The molecule has 1 aromatic heterocycles. The molecule has 1 heterocycles. The van der Waals surface area contributed by atoms with Gasteiger partial charge in [0.15, 0.2) is 5.82 Å². The van der Waals surface area contributed by atoms with Crippen LogP contribution in [0.3, 0.4) is 0 Å². The van der Waals surface area contributed by atoms with E-state index < -0.39 is 11.7 Å². The molecule has 148 valence electrons. The van der Waals surface area contributed by atoms with Crippen LogP contribution in [0.25, 0.3) is 5.69 Å². The topological polar surface area (TPSA) is 46.8 Å². The highest BCUT2D eigenvalue weighted by molar-refractivity contribution is 5.35. The van der Waals surface area contributed by atoms with Crippen molar-refractivity contribution >= 4 is 0 Å². The molecule has 0 atom stereocenters. The summed E-state index contributed by atoms with van der Waals surface area (Å²) in [5, 5.41) is 11.6. The van der Waals surface area contributed by atoms with E-state index in [9.17, 15) is 13.2 Å². The molecule has 5 nitrogen and oxygen atoms in total. The first kappa shape index (κ1) is 20.0. The van der Waals surface area contributed by atoms with Crippen molar-refractivity contribution in [2.24, 2.45) is 0 Å². The number of rotatable bonds is 6. The molecule has 3 aromatic rings. The molecule has 0 bridgehead atoms. The Morgan fingerprint density at radius 1 is 0.964 bits per heavy atom. The molecule has 0 radical (unpaired) electrons. The third-order valence-corrected chi connectivity index (χ3v) is 4.48. The van der Waals surface area contributed by atoms with Crippen molar-refractivity contribution < 1.29 is 13.2 Å². The largest absolute Gasteiger partial charge is 0.416 e. The highest BCUT2D eigenvalue weighted by atomic mass is 19.4. The monoisotopic (exact) mass is 389 g/mol. The molecule has 0 saturated heterocycles. The maximum Gasteiger partial charge on any atom is 0.416 e. The molecule has 0 aliphatic heterocycles. The molecule has 0 fully saturated rings. The molecular formula is C20H22F3N5. The van der Waals surface area contributed by atoms with Crippen molar-refractivity contribution in [3.05, 3.63) is 71.0 Å². The Kier molecular flexibility index (Phi) is 5.79. The van der Waals surface area contributed by atoms with E-state index in [0.29, 0.717) is 30.5 Å². The van der Waals surface area contributed by atoms with Crippen LogP contribution in [0, 0.1) is 0 Å². The van der Waals surface area contributed by atoms with Crippen LogP contribution >= 0.6 is 0 Å². The van der Waals surface area contributed by atoms with Gasteiger partial charge in [0.05, 0.1) is 17.8 Å². The smallest absolute Gasteiger partial charge is 0.295 e. The first-order valence-electron chi connectivity index (χ1n) is 8.96. The van der Waals surface area contributed by atoms with E-state index in [4.69, 9.17) is 0 Å². The minimum Gasteiger partial charge on any atom is -0.295 e. The molecule has 3 rings (SSSR count). The normalized spacial score (nSPS) is 12.1. The lowest BCUT2D eigenvalue weighted by Crippen LogP contribution is -2.20. The van der Waals surface area contributed by atoms with Gasteiger partial charge in [-0.3, -0.25) is 4.90 Å². The summed E-state index contributed by atoms with van der Waals surface area (Å²) >= 11 is 0. The van der Waals surface area contributed by atoms with Crippen LogP contribution in [0.15, 0.2) is 48.5 Å². The van der Waals surface area contributed by atoms with E-state index in [2.05, 4.69) is 58.5 Å². The van der Waals surface area contributed by atoms with Gasteiger partial charge in [-0.1, -0.05) is 38.1 Å². The Hall–Kier alpha value is -2.74. The molecule has 0 unspecified atom stereocenters. The molecule has 2 aromatic carbocycles.